The second-order valence-electron chi connectivity index (χ2n) is 3.75. The van der Waals surface area contributed by atoms with Crippen LogP contribution in [0.5, 0.6) is 0 Å². The van der Waals surface area contributed by atoms with E-state index in [0.29, 0.717) is 6.42 Å². The Morgan fingerprint density at radius 2 is 2.38 bits per heavy atom. The Morgan fingerprint density at radius 3 is 2.94 bits per heavy atom. The third-order valence-corrected chi connectivity index (χ3v) is 3.45. The average molecular weight is 240 g/mol. The number of amides is 1. The molecule has 0 radical (unpaired) electrons. The van der Waals surface area contributed by atoms with E-state index in [0.717, 1.165) is 19.4 Å². The maximum absolute atomic E-state index is 11.6. The van der Waals surface area contributed by atoms with Gasteiger partial charge in [0.1, 0.15) is 0 Å². The van der Waals surface area contributed by atoms with Crippen LogP contribution in [0.1, 0.15) is 37.1 Å². The summed E-state index contributed by atoms with van der Waals surface area (Å²) >= 11 is 1.70. The van der Waals surface area contributed by atoms with Crippen molar-refractivity contribution in [3.05, 3.63) is 22.4 Å². The molecule has 0 saturated heterocycles. The van der Waals surface area contributed by atoms with Gasteiger partial charge in [-0.3, -0.25) is 4.79 Å². The van der Waals surface area contributed by atoms with Crippen LogP contribution in [0.15, 0.2) is 17.5 Å². The number of hydrogen-bond donors (Lipinski definition) is 2. The van der Waals surface area contributed by atoms with Crippen molar-refractivity contribution >= 4 is 17.2 Å². The Kier molecular flexibility index (Phi) is 6.11. The first-order chi connectivity index (χ1) is 7.77. The zero-order chi connectivity index (χ0) is 11.8. The van der Waals surface area contributed by atoms with E-state index in [1.165, 1.54) is 4.88 Å². The molecular weight excluding hydrogens is 220 g/mol. The molecule has 90 valence electrons. The van der Waals surface area contributed by atoms with E-state index in [2.05, 4.69) is 23.6 Å². The van der Waals surface area contributed by atoms with Crippen LogP contribution >= 0.6 is 11.3 Å². The fourth-order valence-corrected chi connectivity index (χ4v) is 2.42. The van der Waals surface area contributed by atoms with Crippen molar-refractivity contribution in [1.82, 2.24) is 10.6 Å². The summed E-state index contributed by atoms with van der Waals surface area (Å²) in [5, 5.41) is 8.16. The van der Waals surface area contributed by atoms with Gasteiger partial charge in [0, 0.05) is 11.3 Å². The molecule has 0 saturated carbocycles. The lowest BCUT2D eigenvalue weighted by Gasteiger charge is -2.15. The van der Waals surface area contributed by atoms with Crippen molar-refractivity contribution in [1.29, 1.82) is 0 Å². The van der Waals surface area contributed by atoms with Gasteiger partial charge in [-0.25, -0.2) is 0 Å². The molecule has 0 bridgehead atoms. The van der Waals surface area contributed by atoms with Gasteiger partial charge < -0.3 is 10.6 Å². The predicted octanol–water partition coefficient (Wildman–Crippen LogP) is 2.31. The molecule has 0 spiro atoms. The minimum Gasteiger partial charge on any atom is -0.348 e. The van der Waals surface area contributed by atoms with Crippen molar-refractivity contribution < 1.29 is 4.79 Å². The summed E-state index contributed by atoms with van der Waals surface area (Å²) in [5.41, 5.74) is 0. The number of rotatable bonds is 7. The van der Waals surface area contributed by atoms with E-state index in [1.807, 2.05) is 18.5 Å². The first-order valence-electron chi connectivity index (χ1n) is 5.75. The molecule has 1 heterocycles. The summed E-state index contributed by atoms with van der Waals surface area (Å²) in [4.78, 5) is 12.9. The van der Waals surface area contributed by atoms with Crippen LogP contribution in [0.4, 0.5) is 0 Å². The van der Waals surface area contributed by atoms with Gasteiger partial charge in [-0.05, 0) is 37.9 Å². The van der Waals surface area contributed by atoms with Gasteiger partial charge in [0.25, 0.3) is 0 Å². The second-order valence-corrected chi connectivity index (χ2v) is 4.73. The third kappa shape index (κ3) is 4.33. The normalized spacial score (nSPS) is 12.4. The van der Waals surface area contributed by atoms with Gasteiger partial charge >= 0.3 is 0 Å². The third-order valence-electron chi connectivity index (χ3n) is 2.46. The zero-order valence-electron chi connectivity index (χ0n) is 9.95. The lowest BCUT2D eigenvalue weighted by atomic mass is 10.1. The number of carbonyl (C=O) groups excluding carboxylic acids is 1. The van der Waals surface area contributed by atoms with Crippen molar-refractivity contribution in [2.45, 2.75) is 32.2 Å². The molecule has 1 amide bonds. The minimum absolute atomic E-state index is 0.149. The van der Waals surface area contributed by atoms with E-state index >= 15 is 0 Å². The molecule has 0 aliphatic carbocycles. The monoisotopic (exact) mass is 240 g/mol. The number of nitrogens with one attached hydrogen (secondary N) is 2. The van der Waals surface area contributed by atoms with Crippen LogP contribution in [-0.2, 0) is 4.79 Å². The smallest absolute Gasteiger partial charge is 0.220 e. The summed E-state index contributed by atoms with van der Waals surface area (Å²) in [5.74, 6) is 0.149. The second kappa shape index (κ2) is 7.41. The molecule has 0 aliphatic rings. The van der Waals surface area contributed by atoms with Gasteiger partial charge in [0.05, 0.1) is 6.04 Å². The summed E-state index contributed by atoms with van der Waals surface area (Å²) in [6.45, 7) is 2.99. The van der Waals surface area contributed by atoms with Crippen molar-refractivity contribution in [3.8, 4) is 0 Å². The highest BCUT2D eigenvalue weighted by Crippen LogP contribution is 2.21. The van der Waals surface area contributed by atoms with Crippen LogP contribution in [0.25, 0.3) is 0 Å². The molecule has 1 atom stereocenters. The quantitative estimate of drug-likeness (QED) is 0.718. The summed E-state index contributed by atoms with van der Waals surface area (Å²) in [6.07, 6.45) is 2.43. The molecule has 1 unspecified atom stereocenters. The molecular formula is C12H20N2OS. The number of hydrogen-bond acceptors (Lipinski definition) is 3. The Labute approximate surface area is 101 Å². The Balaban J connectivity index is 2.36. The molecule has 3 nitrogen and oxygen atoms in total. The molecule has 2 N–H and O–H groups in total. The largest absolute Gasteiger partial charge is 0.348 e. The molecule has 1 aromatic heterocycles. The summed E-state index contributed by atoms with van der Waals surface area (Å²) in [6, 6.07) is 4.28. The van der Waals surface area contributed by atoms with Crippen molar-refractivity contribution in [3.63, 3.8) is 0 Å². The first-order valence-corrected chi connectivity index (χ1v) is 6.63. The average Bonchev–Trinajstić information content (AvgIpc) is 2.79. The van der Waals surface area contributed by atoms with Gasteiger partial charge in [0.15, 0.2) is 0 Å². The standard InChI is InChI=1S/C12H20N2OS/c1-3-10(11-6-5-9-16-11)14-12(15)7-4-8-13-2/h5-6,9-10,13H,3-4,7-8H2,1-2H3,(H,14,15). The van der Waals surface area contributed by atoms with E-state index in [1.54, 1.807) is 11.3 Å². The van der Waals surface area contributed by atoms with E-state index in [-0.39, 0.29) is 11.9 Å². The van der Waals surface area contributed by atoms with Gasteiger partial charge in [-0.15, -0.1) is 11.3 Å². The highest BCUT2D eigenvalue weighted by molar-refractivity contribution is 7.10. The zero-order valence-corrected chi connectivity index (χ0v) is 10.8. The predicted molar refractivity (Wildman–Crippen MR) is 68.7 cm³/mol. The fourth-order valence-electron chi connectivity index (χ4n) is 1.56. The molecule has 16 heavy (non-hydrogen) atoms. The van der Waals surface area contributed by atoms with E-state index in [9.17, 15) is 4.79 Å². The van der Waals surface area contributed by atoms with Crippen LogP contribution in [0.3, 0.4) is 0 Å². The summed E-state index contributed by atoms with van der Waals surface area (Å²) in [7, 11) is 1.90. The molecule has 4 heteroatoms. The molecule has 1 aromatic rings. The highest BCUT2D eigenvalue weighted by Gasteiger charge is 2.12. The van der Waals surface area contributed by atoms with E-state index < -0.39 is 0 Å². The van der Waals surface area contributed by atoms with Crippen LogP contribution in [0.2, 0.25) is 0 Å². The van der Waals surface area contributed by atoms with Crippen molar-refractivity contribution in [2.24, 2.45) is 0 Å². The van der Waals surface area contributed by atoms with Crippen molar-refractivity contribution in [2.75, 3.05) is 13.6 Å². The first kappa shape index (κ1) is 13.2. The van der Waals surface area contributed by atoms with Crippen LogP contribution in [0, 0.1) is 0 Å². The maximum atomic E-state index is 11.6. The number of carbonyl (C=O) groups is 1. The Hall–Kier alpha value is -0.870. The molecule has 0 aliphatic heterocycles. The molecule has 0 aromatic carbocycles. The lowest BCUT2D eigenvalue weighted by Crippen LogP contribution is -2.28. The van der Waals surface area contributed by atoms with E-state index in [4.69, 9.17) is 0 Å². The van der Waals surface area contributed by atoms with Gasteiger partial charge in [0.2, 0.25) is 5.91 Å². The Morgan fingerprint density at radius 1 is 1.56 bits per heavy atom. The highest BCUT2D eigenvalue weighted by atomic mass is 32.1. The lowest BCUT2D eigenvalue weighted by molar-refractivity contribution is -0.121. The number of thiophene rings is 1. The SMILES string of the molecule is CCC(NC(=O)CCCNC)c1cccs1. The topological polar surface area (TPSA) is 41.1 Å². The fraction of sp³-hybridized carbons (Fsp3) is 0.583. The van der Waals surface area contributed by atoms with Crippen LogP contribution in [-0.4, -0.2) is 19.5 Å². The Bertz CT molecular complexity index is 298. The molecule has 0 fully saturated rings. The van der Waals surface area contributed by atoms with Crippen LogP contribution < -0.4 is 10.6 Å². The van der Waals surface area contributed by atoms with Gasteiger partial charge in [-0.1, -0.05) is 13.0 Å². The minimum atomic E-state index is 0.149. The molecule has 1 rings (SSSR count). The summed E-state index contributed by atoms with van der Waals surface area (Å²) < 4.78 is 0. The maximum Gasteiger partial charge on any atom is 0.220 e. The van der Waals surface area contributed by atoms with Gasteiger partial charge in [-0.2, -0.15) is 0 Å².